The van der Waals surface area contributed by atoms with Gasteiger partial charge in [-0.15, -0.1) is 11.3 Å². The topological polar surface area (TPSA) is 84.2 Å². The Kier molecular flexibility index (Phi) is 4.74. The first-order chi connectivity index (χ1) is 9.03. The molecule has 0 aliphatic rings. The molecule has 0 fully saturated rings. The number of hydrogen-bond donors (Lipinski definition) is 2. The van der Waals surface area contributed by atoms with Gasteiger partial charge in [0.1, 0.15) is 4.90 Å². The molecule has 2 aromatic rings. The number of rotatable bonds is 6. The lowest BCUT2D eigenvalue weighted by Crippen LogP contribution is -2.27. The zero-order valence-corrected chi connectivity index (χ0v) is 13.0. The molecule has 0 atom stereocenters. The van der Waals surface area contributed by atoms with Gasteiger partial charge < -0.3 is 9.67 Å². The third-order valence-electron chi connectivity index (χ3n) is 2.37. The zero-order chi connectivity index (χ0) is 13.9. The summed E-state index contributed by atoms with van der Waals surface area (Å²) in [6.07, 6.45) is 5.02. The third-order valence-corrected chi connectivity index (χ3v) is 6.07. The standard InChI is InChI=1S/C10H12BrN3O3S2/c11-10-9(5-8(6-15)18-10)19(16,17)13-2-4-14-3-1-12-7-14/h1,3,5,7,13,15H,2,4,6H2. The van der Waals surface area contributed by atoms with Crippen LogP contribution in [0.2, 0.25) is 0 Å². The summed E-state index contributed by atoms with van der Waals surface area (Å²) < 4.78 is 28.9. The Hall–Kier alpha value is -0.740. The molecular weight excluding hydrogens is 354 g/mol. The van der Waals surface area contributed by atoms with E-state index in [1.54, 1.807) is 23.3 Å². The molecule has 19 heavy (non-hydrogen) atoms. The van der Waals surface area contributed by atoms with Gasteiger partial charge in [-0.25, -0.2) is 18.1 Å². The highest BCUT2D eigenvalue weighted by atomic mass is 79.9. The van der Waals surface area contributed by atoms with Gasteiger partial charge >= 0.3 is 0 Å². The SMILES string of the molecule is O=S(=O)(NCCn1ccnc1)c1cc(CO)sc1Br. The minimum Gasteiger partial charge on any atom is -0.391 e. The number of aliphatic hydroxyl groups excluding tert-OH is 1. The summed E-state index contributed by atoms with van der Waals surface area (Å²) in [5.41, 5.74) is 0. The Labute approximate surface area is 123 Å². The van der Waals surface area contributed by atoms with E-state index in [1.807, 2.05) is 0 Å². The first kappa shape index (κ1) is 14.7. The summed E-state index contributed by atoms with van der Waals surface area (Å²) in [7, 11) is -3.56. The van der Waals surface area contributed by atoms with Crippen LogP contribution in [0.15, 0.2) is 33.5 Å². The first-order valence-corrected chi connectivity index (χ1v) is 8.46. The highest BCUT2D eigenvalue weighted by Crippen LogP contribution is 2.31. The lowest BCUT2D eigenvalue weighted by atomic mass is 10.5. The van der Waals surface area contributed by atoms with Crippen molar-refractivity contribution in [2.45, 2.75) is 18.0 Å². The van der Waals surface area contributed by atoms with E-state index >= 15 is 0 Å². The van der Waals surface area contributed by atoms with Crippen molar-refractivity contribution in [1.82, 2.24) is 14.3 Å². The molecule has 0 saturated heterocycles. The number of halogens is 1. The molecule has 0 unspecified atom stereocenters. The summed E-state index contributed by atoms with van der Waals surface area (Å²) in [5.74, 6) is 0. The highest BCUT2D eigenvalue weighted by Gasteiger charge is 2.20. The molecule has 0 spiro atoms. The van der Waals surface area contributed by atoms with Gasteiger partial charge in [0.15, 0.2) is 0 Å². The van der Waals surface area contributed by atoms with Gasteiger partial charge in [0.25, 0.3) is 0 Å². The molecule has 0 bridgehead atoms. The second-order valence-electron chi connectivity index (χ2n) is 3.71. The van der Waals surface area contributed by atoms with Crippen molar-refractivity contribution in [2.75, 3.05) is 6.54 Å². The summed E-state index contributed by atoms with van der Waals surface area (Å²) >= 11 is 4.40. The van der Waals surface area contributed by atoms with Crippen LogP contribution in [0.5, 0.6) is 0 Å². The Balaban J connectivity index is 2.03. The number of hydrogen-bond acceptors (Lipinski definition) is 5. The molecule has 9 heteroatoms. The van der Waals surface area contributed by atoms with Crippen LogP contribution in [0.25, 0.3) is 0 Å². The lowest BCUT2D eigenvalue weighted by Gasteiger charge is -2.06. The van der Waals surface area contributed by atoms with E-state index in [0.29, 0.717) is 15.2 Å². The Morgan fingerprint density at radius 3 is 2.89 bits per heavy atom. The molecule has 2 rings (SSSR count). The van der Waals surface area contributed by atoms with Crippen LogP contribution in [0.4, 0.5) is 0 Å². The molecule has 2 aromatic heterocycles. The van der Waals surface area contributed by atoms with E-state index in [-0.39, 0.29) is 18.0 Å². The normalized spacial score (nSPS) is 11.9. The maximum atomic E-state index is 12.1. The third kappa shape index (κ3) is 3.63. The van der Waals surface area contributed by atoms with Gasteiger partial charge in [-0.2, -0.15) is 0 Å². The van der Waals surface area contributed by atoms with Crippen molar-refractivity contribution in [3.05, 3.63) is 33.5 Å². The summed E-state index contributed by atoms with van der Waals surface area (Å²) in [5, 5.41) is 9.01. The second-order valence-corrected chi connectivity index (χ2v) is 7.90. The summed E-state index contributed by atoms with van der Waals surface area (Å²) in [6, 6.07) is 1.47. The number of sulfonamides is 1. The Morgan fingerprint density at radius 2 is 2.32 bits per heavy atom. The van der Waals surface area contributed by atoms with Crippen LogP contribution in [0, 0.1) is 0 Å². The number of nitrogens with zero attached hydrogens (tertiary/aromatic N) is 2. The van der Waals surface area contributed by atoms with Gasteiger partial charge in [0.05, 0.1) is 16.7 Å². The Bertz CT molecular complexity index is 637. The van der Waals surface area contributed by atoms with Gasteiger partial charge in [-0.1, -0.05) is 0 Å². The maximum absolute atomic E-state index is 12.1. The van der Waals surface area contributed by atoms with Crippen molar-refractivity contribution in [2.24, 2.45) is 0 Å². The molecule has 2 heterocycles. The van der Waals surface area contributed by atoms with E-state index in [2.05, 4.69) is 25.6 Å². The number of thiophene rings is 1. The van der Waals surface area contributed by atoms with Crippen LogP contribution < -0.4 is 4.72 Å². The molecule has 0 aliphatic carbocycles. The largest absolute Gasteiger partial charge is 0.391 e. The maximum Gasteiger partial charge on any atom is 0.242 e. The van der Waals surface area contributed by atoms with E-state index in [9.17, 15) is 8.42 Å². The molecule has 0 aromatic carbocycles. The fourth-order valence-corrected chi connectivity index (χ4v) is 5.03. The fraction of sp³-hybridized carbons (Fsp3) is 0.300. The second kappa shape index (κ2) is 6.14. The number of nitrogens with one attached hydrogen (secondary N) is 1. The average molecular weight is 366 g/mol. The van der Waals surface area contributed by atoms with E-state index < -0.39 is 10.0 Å². The zero-order valence-electron chi connectivity index (χ0n) is 9.78. The van der Waals surface area contributed by atoms with Crippen molar-refractivity contribution >= 4 is 37.3 Å². The predicted octanol–water partition coefficient (Wildman–Crippen LogP) is 1.18. The minimum absolute atomic E-state index is 0.159. The molecule has 104 valence electrons. The Morgan fingerprint density at radius 1 is 1.53 bits per heavy atom. The van der Waals surface area contributed by atoms with Crippen molar-refractivity contribution < 1.29 is 13.5 Å². The van der Waals surface area contributed by atoms with Crippen LogP contribution in [-0.4, -0.2) is 29.6 Å². The quantitative estimate of drug-likeness (QED) is 0.804. The predicted molar refractivity (Wildman–Crippen MR) is 75.4 cm³/mol. The first-order valence-electron chi connectivity index (χ1n) is 5.37. The molecule has 0 saturated carbocycles. The van der Waals surface area contributed by atoms with Gasteiger partial charge in [-0.3, -0.25) is 0 Å². The number of aliphatic hydroxyl groups is 1. The van der Waals surface area contributed by atoms with E-state index in [0.717, 1.165) is 0 Å². The molecular formula is C10H12BrN3O3S2. The van der Waals surface area contributed by atoms with Crippen LogP contribution in [0.1, 0.15) is 4.88 Å². The van der Waals surface area contributed by atoms with Crippen molar-refractivity contribution in [1.29, 1.82) is 0 Å². The minimum atomic E-state index is -3.56. The summed E-state index contributed by atoms with van der Waals surface area (Å²) in [6.45, 7) is 0.608. The highest BCUT2D eigenvalue weighted by molar-refractivity contribution is 9.11. The fourth-order valence-electron chi connectivity index (χ4n) is 1.46. The molecule has 0 aliphatic heterocycles. The van der Waals surface area contributed by atoms with E-state index in [1.165, 1.54) is 17.4 Å². The van der Waals surface area contributed by atoms with Gasteiger partial charge in [0.2, 0.25) is 10.0 Å². The summed E-state index contributed by atoms with van der Waals surface area (Å²) in [4.78, 5) is 4.63. The van der Waals surface area contributed by atoms with Crippen molar-refractivity contribution in [3.63, 3.8) is 0 Å². The monoisotopic (exact) mass is 365 g/mol. The lowest BCUT2D eigenvalue weighted by molar-refractivity contribution is 0.285. The molecule has 6 nitrogen and oxygen atoms in total. The van der Waals surface area contributed by atoms with Gasteiger partial charge in [0, 0.05) is 30.4 Å². The van der Waals surface area contributed by atoms with E-state index in [4.69, 9.17) is 5.11 Å². The molecule has 0 radical (unpaired) electrons. The van der Waals surface area contributed by atoms with Gasteiger partial charge in [-0.05, 0) is 22.0 Å². The number of imidazole rings is 1. The van der Waals surface area contributed by atoms with Crippen LogP contribution in [-0.2, 0) is 23.2 Å². The molecule has 2 N–H and O–H groups in total. The van der Waals surface area contributed by atoms with Crippen molar-refractivity contribution in [3.8, 4) is 0 Å². The van der Waals surface area contributed by atoms with Crippen LogP contribution >= 0.6 is 27.3 Å². The number of aromatic nitrogens is 2. The van der Waals surface area contributed by atoms with Crippen LogP contribution in [0.3, 0.4) is 0 Å². The smallest absolute Gasteiger partial charge is 0.242 e. The molecule has 0 amide bonds. The average Bonchev–Trinajstić information content (AvgIpc) is 2.98.